The molecule has 1 aromatic heterocycles. The summed E-state index contributed by atoms with van der Waals surface area (Å²) in [6, 6.07) is 6.94. The minimum atomic E-state index is -5.22. The van der Waals surface area contributed by atoms with Gasteiger partial charge in [0, 0.05) is 17.5 Å². The van der Waals surface area contributed by atoms with Gasteiger partial charge < -0.3 is 9.47 Å². The number of ether oxygens (including phenoxy) is 2. The Labute approximate surface area is 176 Å². The zero-order valence-electron chi connectivity index (χ0n) is 16.5. The average Bonchev–Trinajstić information content (AvgIpc) is 2.73. The molecule has 0 spiro atoms. The Hall–Kier alpha value is -4.16. The van der Waals surface area contributed by atoms with Gasteiger partial charge in [0.2, 0.25) is 0 Å². The van der Waals surface area contributed by atoms with Gasteiger partial charge in [0.25, 0.3) is 5.69 Å². The van der Waals surface area contributed by atoms with E-state index in [1.807, 2.05) is 0 Å². The molecular formula is C19H14F3N3O7. The van der Waals surface area contributed by atoms with Crippen LogP contribution >= 0.6 is 0 Å². The summed E-state index contributed by atoms with van der Waals surface area (Å²) in [4.78, 5) is 33.3. The molecule has 1 heterocycles. The van der Waals surface area contributed by atoms with Crippen molar-refractivity contribution >= 4 is 22.3 Å². The van der Waals surface area contributed by atoms with Crippen LogP contribution in [-0.2, 0) is 12.7 Å². The highest BCUT2D eigenvalue weighted by atomic mass is 19.4. The van der Waals surface area contributed by atoms with Gasteiger partial charge in [-0.1, -0.05) is 12.1 Å². The van der Waals surface area contributed by atoms with E-state index in [1.54, 1.807) is 0 Å². The second-order valence-electron chi connectivity index (χ2n) is 6.49. The number of pyridine rings is 1. The largest absolute Gasteiger partial charge is 0.493 e. The SMILES string of the molecule is COc1ccc2c(C(F)(F)F)c([N+](=O)[O-])c(=O)n(Cc3ccc([N+](=O)[O-])cc3)c2c1OC. The Balaban J connectivity index is 2.45. The van der Waals surface area contributed by atoms with E-state index < -0.39 is 44.8 Å². The zero-order valence-corrected chi connectivity index (χ0v) is 16.5. The molecule has 10 nitrogen and oxygen atoms in total. The van der Waals surface area contributed by atoms with Crippen LogP contribution in [0.1, 0.15) is 11.1 Å². The first-order valence-corrected chi connectivity index (χ1v) is 8.77. The van der Waals surface area contributed by atoms with Gasteiger partial charge in [-0.25, -0.2) is 0 Å². The molecular weight excluding hydrogens is 439 g/mol. The van der Waals surface area contributed by atoms with E-state index in [1.165, 1.54) is 19.2 Å². The number of rotatable bonds is 6. The molecule has 0 fully saturated rings. The Morgan fingerprint density at radius 3 is 2.06 bits per heavy atom. The van der Waals surface area contributed by atoms with Crippen LogP contribution < -0.4 is 15.0 Å². The minimum absolute atomic E-state index is 0.00109. The van der Waals surface area contributed by atoms with E-state index in [9.17, 15) is 38.2 Å². The number of fused-ring (bicyclic) bond motifs is 1. The van der Waals surface area contributed by atoms with E-state index >= 15 is 0 Å². The van der Waals surface area contributed by atoms with Crippen LogP contribution in [-0.4, -0.2) is 28.6 Å². The molecule has 0 aliphatic heterocycles. The second kappa shape index (κ2) is 8.17. The standard InChI is InChI=1S/C19H14F3N3O7/c1-31-13-8-7-12-14(19(20,21)22)16(25(29)30)18(26)23(15(12)17(13)32-2)9-10-3-5-11(6-4-10)24(27)28/h3-8H,9H2,1-2H3. The van der Waals surface area contributed by atoms with E-state index in [0.29, 0.717) is 0 Å². The quantitative estimate of drug-likeness (QED) is 0.409. The highest BCUT2D eigenvalue weighted by Crippen LogP contribution is 2.44. The monoisotopic (exact) mass is 453 g/mol. The molecule has 0 aliphatic carbocycles. The highest BCUT2D eigenvalue weighted by Gasteiger charge is 2.44. The van der Waals surface area contributed by atoms with Crippen LogP contribution in [0.4, 0.5) is 24.5 Å². The molecule has 0 radical (unpaired) electrons. The maximum absolute atomic E-state index is 13.8. The predicted molar refractivity (Wildman–Crippen MR) is 105 cm³/mol. The van der Waals surface area contributed by atoms with Gasteiger partial charge in [-0.3, -0.25) is 29.6 Å². The molecule has 2 aromatic carbocycles. The normalized spacial score (nSPS) is 11.4. The first kappa shape index (κ1) is 22.5. The van der Waals surface area contributed by atoms with Crippen molar-refractivity contribution < 1.29 is 32.5 Å². The summed E-state index contributed by atoms with van der Waals surface area (Å²) in [5.41, 5.74) is -5.20. The van der Waals surface area contributed by atoms with Crippen LogP contribution in [0.15, 0.2) is 41.2 Å². The molecule has 0 N–H and O–H groups in total. The summed E-state index contributed by atoms with van der Waals surface area (Å²) >= 11 is 0. The first-order valence-electron chi connectivity index (χ1n) is 8.77. The average molecular weight is 453 g/mol. The topological polar surface area (TPSA) is 127 Å². The molecule has 0 amide bonds. The number of aromatic nitrogens is 1. The third-order valence-corrected chi connectivity index (χ3v) is 4.70. The van der Waals surface area contributed by atoms with E-state index in [4.69, 9.17) is 9.47 Å². The zero-order chi connectivity index (χ0) is 23.8. The van der Waals surface area contributed by atoms with Crippen LogP contribution in [0.2, 0.25) is 0 Å². The van der Waals surface area contributed by atoms with Gasteiger partial charge in [0.1, 0.15) is 5.56 Å². The van der Waals surface area contributed by atoms with Crippen LogP contribution in [0, 0.1) is 20.2 Å². The van der Waals surface area contributed by atoms with Crippen molar-refractivity contribution in [2.45, 2.75) is 12.7 Å². The van der Waals surface area contributed by atoms with Crippen LogP contribution in [0.25, 0.3) is 10.9 Å². The molecule has 3 rings (SSSR count). The van der Waals surface area contributed by atoms with Crippen molar-refractivity contribution in [3.05, 3.63) is 78.1 Å². The third-order valence-electron chi connectivity index (χ3n) is 4.70. The number of alkyl halides is 3. The maximum atomic E-state index is 13.8. The fourth-order valence-corrected chi connectivity index (χ4v) is 3.36. The predicted octanol–water partition coefficient (Wildman–Crippen LogP) is 3.90. The molecule has 0 saturated heterocycles. The lowest BCUT2D eigenvalue weighted by atomic mass is 10.0. The first-order chi connectivity index (χ1) is 15.0. The number of hydrogen-bond donors (Lipinski definition) is 0. The fraction of sp³-hybridized carbons (Fsp3) is 0.211. The van der Waals surface area contributed by atoms with Gasteiger partial charge in [-0.15, -0.1) is 0 Å². The van der Waals surface area contributed by atoms with Crippen LogP contribution in [0.3, 0.4) is 0 Å². The second-order valence-corrected chi connectivity index (χ2v) is 6.49. The Kier molecular flexibility index (Phi) is 5.75. The molecule has 168 valence electrons. The van der Waals surface area contributed by atoms with Crippen molar-refractivity contribution in [3.8, 4) is 11.5 Å². The number of nitro groups is 2. The molecule has 0 bridgehead atoms. The molecule has 3 aromatic rings. The van der Waals surface area contributed by atoms with Gasteiger partial charge in [-0.2, -0.15) is 13.2 Å². The van der Waals surface area contributed by atoms with Gasteiger partial charge in [0.15, 0.2) is 11.5 Å². The summed E-state index contributed by atoms with van der Waals surface area (Å²) in [7, 11) is 2.38. The molecule has 0 saturated carbocycles. The minimum Gasteiger partial charge on any atom is -0.493 e. The molecule has 13 heteroatoms. The molecule has 32 heavy (non-hydrogen) atoms. The van der Waals surface area contributed by atoms with E-state index in [-0.39, 0.29) is 28.3 Å². The lowest BCUT2D eigenvalue weighted by Crippen LogP contribution is -2.28. The third kappa shape index (κ3) is 3.79. The Morgan fingerprint density at radius 2 is 1.59 bits per heavy atom. The Morgan fingerprint density at radius 1 is 0.969 bits per heavy atom. The number of nitrogens with zero attached hydrogens (tertiary/aromatic N) is 3. The van der Waals surface area contributed by atoms with E-state index in [0.717, 1.165) is 35.9 Å². The van der Waals surface area contributed by atoms with E-state index in [2.05, 4.69) is 0 Å². The lowest BCUT2D eigenvalue weighted by Gasteiger charge is -2.19. The van der Waals surface area contributed by atoms with Crippen LogP contribution in [0.5, 0.6) is 11.5 Å². The summed E-state index contributed by atoms with van der Waals surface area (Å²) in [5.74, 6) is -0.233. The highest BCUT2D eigenvalue weighted by molar-refractivity contribution is 5.93. The molecule has 0 unspecified atom stereocenters. The summed E-state index contributed by atoms with van der Waals surface area (Å²) in [6.45, 7) is -0.421. The van der Waals surface area contributed by atoms with Gasteiger partial charge >= 0.3 is 17.4 Å². The lowest BCUT2D eigenvalue weighted by molar-refractivity contribution is -0.389. The van der Waals surface area contributed by atoms with Crippen molar-refractivity contribution in [1.29, 1.82) is 0 Å². The number of non-ortho nitro benzene ring substituents is 1. The number of nitro benzene ring substituents is 1. The molecule has 0 aliphatic rings. The Bertz CT molecular complexity index is 1280. The van der Waals surface area contributed by atoms with Gasteiger partial charge in [-0.05, 0) is 17.7 Å². The van der Waals surface area contributed by atoms with Crippen molar-refractivity contribution in [1.82, 2.24) is 4.57 Å². The number of methoxy groups -OCH3 is 2. The van der Waals surface area contributed by atoms with Crippen molar-refractivity contribution in [3.63, 3.8) is 0 Å². The number of halogens is 3. The smallest absolute Gasteiger partial charge is 0.423 e. The summed E-state index contributed by atoms with van der Waals surface area (Å²) in [5, 5.41) is 21.7. The fourth-order valence-electron chi connectivity index (χ4n) is 3.36. The van der Waals surface area contributed by atoms with Crippen molar-refractivity contribution in [2.75, 3.05) is 14.2 Å². The molecule has 0 atom stereocenters. The summed E-state index contributed by atoms with van der Waals surface area (Å²) < 4.78 is 52.5. The van der Waals surface area contributed by atoms with Crippen molar-refractivity contribution in [2.24, 2.45) is 0 Å². The summed E-state index contributed by atoms with van der Waals surface area (Å²) in [6.07, 6.45) is -5.22. The number of hydrogen-bond acceptors (Lipinski definition) is 7. The van der Waals surface area contributed by atoms with Gasteiger partial charge in [0.05, 0.1) is 36.1 Å². The maximum Gasteiger partial charge on any atom is 0.423 e. The number of benzene rings is 2.